The minimum atomic E-state index is -1.25. The highest BCUT2D eigenvalue weighted by Crippen LogP contribution is 2.32. The summed E-state index contributed by atoms with van der Waals surface area (Å²) in [4.78, 5) is 93.9. The van der Waals surface area contributed by atoms with Crippen LogP contribution >= 0.6 is 0 Å². The standard InChI is InChI=1S/C27H43NO10.C8H12O3.C4H9N.H2O/c1-4-8-20(25(33)34)22(27(37)38)14-7-13-21(26(35)36)19(23(30)28-17-9-5-10-17)12-6-11-18(24(31)32)15(2)16(3)29;1-3-4-6-5(2)7(9)11-8(6)10;5-4-2-1-3-4;/h15,17-22H,4-14H2,1-3H3,(H,28,30)(H,31,32)(H,33,34)(H,35,36)(H,37,38);5-6H,3-4H2,1-2H3;4H,1-3,5H2;1H2. The number of aliphatic carboxylic acids is 4. The van der Waals surface area contributed by atoms with Crippen molar-refractivity contribution in [3.63, 3.8) is 0 Å². The number of cyclic esters (lactones) is 2. The lowest BCUT2D eigenvalue weighted by molar-refractivity contribution is -0.154. The van der Waals surface area contributed by atoms with Gasteiger partial charge in [0.15, 0.2) is 0 Å². The molecule has 2 saturated carbocycles. The maximum absolute atomic E-state index is 13.1. The fraction of sp³-hybridized carbons (Fsp3) is 0.795. The average Bonchev–Trinajstić information content (AvgIpc) is 3.30. The number of carboxylic acids is 4. The van der Waals surface area contributed by atoms with Crippen molar-refractivity contribution in [3.05, 3.63) is 0 Å². The fourth-order valence-electron chi connectivity index (χ4n) is 6.92. The molecule has 1 aliphatic heterocycles. The Hall–Kier alpha value is -3.92. The summed E-state index contributed by atoms with van der Waals surface area (Å²) in [6, 6.07) is 0.528. The predicted molar refractivity (Wildman–Crippen MR) is 200 cm³/mol. The van der Waals surface area contributed by atoms with Crippen LogP contribution in [0.15, 0.2) is 0 Å². The molecule has 0 aromatic carbocycles. The van der Waals surface area contributed by atoms with Gasteiger partial charge < -0.3 is 41.7 Å². The summed E-state index contributed by atoms with van der Waals surface area (Å²) in [7, 11) is 0. The van der Waals surface area contributed by atoms with Crippen LogP contribution in [0.1, 0.15) is 137 Å². The minimum absolute atomic E-state index is 0. The molecule has 2 aliphatic carbocycles. The lowest BCUT2D eigenvalue weighted by Gasteiger charge is -2.31. The average molecular weight is 787 g/mol. The highest BCUT2D eigenvalue weighted by atomic mass is 16.6. The van der Waals surface area contributed by atoms with Crippen molar-refractivity contribution in [1.82, 2.24) is 5.32 Å². The van der Waals surface area contributed by atoms with Gasteiger partial charge in [0.25, 0.3) is 0 Å². The zero-order chi connectivity index (χ0) is 41.1. The van der Waals surface area contributed by atoms with Gasteiger partial charge in [-0.15, -0.1) is 0 Å². The number of ether oxygens (including phenoxy) is 1. The SMILES string of the molecule is CCCC(C(=O)O)C(CCCC(C(=O)O)C(CCCC(C(=O)O)C(C)C(C)=O)C(=O)NC1CCC1)C(=O)O.CCCC1C(=O)OC(=O)C1C.NC1CCC1.O. The number of nitrogens with one attached hydrogen (secondary N) is 1. The van der Waals surface area contributed by atoms with Gasteiger partial charge in [-0.05, 0) is 77.6 Å². The number of amides is 1. The van der Waals surface area contributed by atoms with Gasteiger partial charge in [0.1, 0.15) is 5.78 Å². The largest absolute Gasteiger partial charge is 0.481 e. The second-order valence-corrected chi connectivity index (χ2v) is 15.2. The maximum Gasteiger partial charge on any atom is 0.317 e. The van der Waals surface area contributed by atoms with Crippen LogP contribution in [0.5, 0.6) is 0 Å². The van der Waals surface area contributed by atoms with E-state index in [1.54, 1.807) is 13.8 Å². The van der Waals surface area contributed by atoms with E-state index < -0.39 is 65.3 Å². The van der Waals surface area contributed by atoms with Gasteiger partial charge in [0.2, 0.25) is 5.91 Å². The Labute approximate surface area is 324 Å². The Bertz CT molecular complexity index is 1280. The van der Waals surface area contributed by atoms with E-state index in [-0.39, 0.29) is 86.0 Å². The summed E-state index contributed by atoms with van der Waals surface area (Å²) >= 11 is 0. The number of ketones is 1. The zero-order valence-corrected chi connectivity index (χ0v) is 33.1. The first kappa shape index (κ1) is 51.1. The van der Waals surface area contributed by atoms with Gasteiger partial charge in [-0.25, -0.2) is 0 Å². The molecular weight excluding hydrogens is 720 g/mol. The molecule has 3 aliphatic rings. The molecule has 0 radical (unpaired) electrons. The molecule has 8 atom stereocenters. The molecule has 8 unspecified atom stereocenters. The van der Waals surface area contributed by atoms with E-state index in [9.17, 15) is 58.8 Å². The van der Waals surface area contributed by atoms with E-state index in [2.05, 4.69) is 10.1 Å². The molecule has 0 aromatic heterocycles. The number of nitrogens with two attached hydrogens (primary N) is 1. The predicted octanol–water partition coefficient (Wildman–Crippen LogP) is 4.24. The molecule has 3 fully saturated rings. The summed E-state index contributed by atoms with van der Waals surface area (Å²) in [5.74, 6) is -12.7. The van der Waals surface area contributed by atoms with Crippen LogP contribution in [0.3, 0.4) is 0 Å². The Morgan fingerprint density at radius 3 is 1.45 bits per heavy atom. The number of rotatable bonds is 22. The maximum atomic E-state index is 13.1. The van der Waals surface area contributed by atoms with Crippen molar-refractivity contribution in [2.24, 2.45) is 53.1 Å². The van der Waals surface area contributed by atoms with Gasteiger partial charge in [0, 0.05) is 18.0 Å². The minimum Gasteiger partial charge on any atom is -0.481 e. The molecule has 316 valence electrons. The topological polar surface area (TPSA) is 296 Å². The van der Waals surface area contributed by atoms with Crippen molar-refractivity contribution >= 4 is 47.5 Å². The molecule has 1 heterocycles. The summed E-state index contributed by atoms with van der Waals surface area (Å²) in [5.41, 5.74) is 5.38. The molecule has 16 heteroatoms. The molecule has 3 rings (SSSR count). The van der Waals surface area contributed by atoms with Crippen LogP contribution in [-0.4, -0.2) is 85.5 Å². The van der Waals surface area contributed by atoms with Crippen LogP contribution in [0.25, 0.3) is 0 Å². The monoisotopic (exact) mass is 786 g/mol. The van der Waals surface area contributed by atoms with E-state index in [1.807, 2.05) is 6.92 Å². The van der Waals surface area contributed by atoms with E-state index >= 15 is 0 Å². The molecule has 1 saturated heterocycles. The summed E-state index contributed by atoms with van der Waals surface area (Å²) in [6.45, 7) is 8.34. The molecular formula is C39H66N2O14. The third kappa shape index (κ3) is 17.2. The number of esters is 2. The number of carbonyl (C=O) groups is 8. The van der Waals surface area contributed by atoms with Crippen LogP contribution in [0.2, 0.25) is 0 Å². The first-order valence-corrected chi connectivity index (χ1v) is 19.6. The van der Waals surface area contributed by atoms with Crippen LogP contribution in [0, 0.1) is 47.3 Å². The number of Topliss-reactive ketones (excluding diaryl/α,β-unsaturated/α-hetero) is 1. The van der Waals surface area contributed by atoms with E-state index in [0.29, 0.717) is 12.5 Å². The van der Waals surface area contributed by atoms with Gasteiger partial charge in [-0.1, -0.05) is 59.8 Å². The third-order valence-corrected chi connectivity index (χ3v) is 11.2. The molecule has 0 bridgehead atoms. The summed E-state index contributed by atoms with van der Waals surface area (Å²) in [5, 5.41) is 41.5. The number of carbonyl (C=O) groups excluding carboxylic acids is 4. The Balaban J connectivity index is 0.00000140. The molecule has 55 heavy (non-hydrogen) atoms. The molecule has 0 spiro atoms. The van der Waals surface area contributed by atoms with Crippen molar-refractivity contribution in [2.45, 2.75) is 149 Å². The van der Waals surface area contributed by atoms with Crippen molar-refractivity contribution in [2.75, 3.05) is 0 Å². The van der Waals surface area contributed by atoms with Crippen LogP contribution < -0.4 is 11.1 Å². The number of hydrogen-bond donors (Lipinski definition) is 6. The zero-order valence-electron chi connectivity index (χ0n) is 33.1. The van der Waals surface area contributed by atoms with Crippen LogP contribution in [0.4, 0.5) is 0 Å². The van der Waals surface area contributed by atoms with E-state index in [4.69, 9.17) is 5.73 Å². The molecule has 9 N–H and O–H groups in total. The van der Waals surface area contributed by atoms with Crippen molar-refractivity contribution in [1.29, 1.82) is 0 Å². The van der Waals surface area contributed by atoms with E-state index in [0.717, 1.165) is 32.1 Å². The highest BCUT2D eigenvalue weighted by Gasteiger charge is 2.40. The lowest BCUT2D eigenvalue weighted by atomic mass is 9.79. The summed E-state index contributed by atoms with van der Waals surface area (Å²) < 4.78 is 4.46. The Morgan fingerprint density at radius 1 is 0.709 bits per heavy atom. The smallest absolute Gasteiger partial charge is 0.317 e. The molecule has 0 aromatic rings. The lowest BCUT2D eigenvalue weighted by Crippen LogP contribution is -2.45. The Kier molecular flexibility index (Phi) is 24.2. The molecule has 1 amide bonds. The number of hydrogen-bond acceptors (Lipinski definition) is 10. The number of carboxylic acid groups (broad SMARTS) is 4. The first-order chi connectivity index (χ1) is 25.4. The second-order valence-electron chi connectivity index (χ2n) is 15.2. The van der Waals surface area contributed by atoms with Gasteiger partial charge in [-0.2, -0.15) is 0 Å². The van der Waals surface area contributed by atoms with Gasteiger partial charge >= 0.3 is 35.8 Å². The van der Waals surface area contributed by atoms with Crippen LogP contribution in [-0.2, 0) is 43.1 Å². The van der Waals surface area contributed by atoms with Gasteiger partial charge in [0.05, 0.1) is 41.4 Å². The normalized spacial score (nSPS) is 21.1. The first-order valence-electron chi connectivity index (χ1n) is 19.6. The van der Waals surface area contributed by atoms with Crippen molar-refractivity contribution < 1.29 is 69.0 Å². The summed E-state index contributed by atoms with van der Waals surface area (Å²) in [6.07, 6.45) is 9.24. The van der Waals surface area contributed by atoms with Gasteiger partial charge in [-0.3, -0.25) is 38.4 Å². The quantitative estimate of drug-likeness (QED) is 0.0661. The second kappa shape index (κ2) is 26.0. The fourth-order valence-corrected chi connectivity index (χ4v) is 6.92. The highest BCUT2D eigenvalue weighted by molar-refractivity contribution is 5.96. The third-order valence-electron chi connectivity index (χ3n) is 11.2. The van der Waals surface area contributed by atoms with E-state index in [1.165, 1.54) is 33.1 Å². The Morgan fingerprint density at radius 2 is 1.13 bits per heavy atom. The van der Waals surface area contributed by atoms with Crippen molar-refractivity contribution in [3.8, 4) is 0 Å². The molecule has 16 nitrogen and oxygen atoms in total.